The smallest absolute Gasteiger partial charge is 0.305 e. The number of carboxylic acid groups (broad SMARTS) is 1. The minimum atomic E-state index is -0.918. The summed E-state index contributed by atoms with van der Waals surface area (Å²) in [6.45, 7) is 0. The number of thiophene rings is 1. The lowest BCUT2D eigenvalue weighted by Gasteiger charge is -2.24. The van der Waals surface area contributed by atoms with Crippen molar-refractivity contribution >= 4 is 23.2 Å². The quantitative estimate of drug-likeness (QED) is 0.728. The first-order valence-electron chi connectivity index (χ1n) is 7.39. The van der Waals surface area contributed by atoms with Crippen molar-refractivity contribution in [1.29, 1.82) is 0 Å². The number of carboxylic acids is 1. The topological polar surface area (TPSA) is 92.4 Å². The summed E-state index contributed by atoms with van der Waals surface area (Å²) >= 11 is 1.46. The highest BCUT2D eigenvalue weighted by Gasteiger charge is 2.29. The van der Waals surface area contributed by atoms with Gasteiger partial charge in [0.2, 0.25) is 5.91 Å². The molecule has 1 heterocycles. The van der Waals surface area contributed by atoms with Crippen molar-refractivity contribution in [3.63, 3.8) is 0 Å². The fourth-order valence-electron chi connectivity index (χ4n) is 2.83. The monoisotopic (exact) mass is 310 g/mol. The van der Waals surface area contributed by atoms with Crippen LogP contribution in [0.4, 0.5) is 0 Å². The SMILES string of the molecule is NC1CCCCCC1C(=O)NC(CC(=O)O)c1cccs1. The molecule has 0 saturated heterocycles. The maximum absolute atomic E-state index is 12.5. The van der Waals surface area contributed by atoms with E-state index in [2.05, 4.69) is 5.32 Å². The number of hydrogen-bond acceptors (Lipinski definition) is 4. The number of nitrogens with one attached hydrogen (secondary N) is 1. The Bertz CT molecular complexity index is 475. The lowest BCUT2D eigenvalue weighted by atomic mass is 9.94. The minimum Gasteiger partial charge on any atom is -0.481 e. The summed E-state index contributed by atoms with van der Waals surface area (Å²) in [6.07, 6.45) is 4.73. The van der Waals surface area contributed by atoms with Crippen molar-refractivity contribution in [2.45, 2.75) is 50.6 Å². The van der Waals surface area contributed by atoms with E-state index in [0.29, 0.717) is 0 Å². The van der Waals surface area contributed by atoms with Crippen molar-refractivity contribution in [1.82, 2.24) is 5.32 Å². The van der Waals surface area contributed by atoms with Crippen LogP contribution in [0.1, 0.15) is 49.4 Å². The summed E-state index contributed by atoms with van der Waals surface area (Å²) in [5.41, 5.74) is 6.10. The Morgan fingerprint density at radius 2 is 2.14 bits per heavy atom. The van der Waals surface area contributed by atoms with E-state index in [4.69, 9.17) is 10.8 Å². The number of carbonyl (C=O) groups excluding carboxylic acids is 1. The van der Waals surface area contributed by atoms with Crippen molar-refractivity contribution in [2.75, 3.05) is 0 Å². The third-order valence-electron chi connectivity index (χ3n) is 3.99. The first-order chi connectivity index (χ1) is 10.1. The molecule has 0 spiro atoms. The number of carbonyl (C=O) groups is 2. The van der Waals surface area contributed by atoms with Crippen LogP contribution in [-0.4, -0.2) is 23.0 Å². The lowest BCUT2D eigenvalue weighted by molar-refractivity contribution is -0.138. The maximum atomic E-state index is 12.5. The van der Waals surface area contributed by atoms with E-state index >= 15 is 0 Å². The molecular weight excluding hydrogens is 288 g/mol. The average Bonchev–Trinajstić information content (AvgIpc) is 2.87. The van der Waals surface area contributed by atoms with Crippen LogP contribution < -0.4 is 11.1 Å². The van der Waals surface area contributed by atoms with Crippen molar-refractivity contribution in [2.24, 2.45) is 11.7 Å². The predicted octanol–water partition coefficient (Wildman–Crippen LogP) is 2.29. The molecule has 1 amide bonds. The standard InChI is InChI=1S/C15H22N2O3S/c16-11-6-3-1-2-5-10(11)15(20)17-12(9-14(18)19)13-7-4-8-21-13/h4,7-8,10-12H,1-3,5-6,9,16H2,(H,17,20)(H,18,19). The number of rotatable bonds is 5. The van der Waals surface area contributed by atoms with Gasteiger partial charge in [-0.25, -0.2) is 0 Å². The highest BCUT2D eigenvalue weighted by Crippen LogP contribution is 2.26. The Morgan fingerprint density at radius 1 is 1.38 bits per heavy atom. The second-order valence-corrected chi connectivity index (χ2v) is 6.56. The average molecular weight is 310 g/mol. The van der Waals surface area contributed by atoms with Crippen LogP contribution in [0.25, 0.3) is 0 Å². The molecule has 1 saturated carbocycles. The predicted molar refractivity (Wildman–Crippen MR) is 82.0 cm³/mol. The van der Waals surface area contributed by atoms with E-state index < -0.39 is 12.0 Å². The van der Waals surface area contributed by atoms with Gasteiger partial charge in [0.25, 0.3) is 0 Å². The first kappa shape index (κ1) is 16.0. The second kappa shape index (κ2) is 7.56. The summed E-state index contributed by atoms with van der Waals surface area (Å²) in [4.78, 5) is 24.3. The highest BCUT2D eigenvalue weighted by molar-refractivity contribution is 7.10. The van der Waals surface area contributed by atoms with E-state index in [1.54, 1.807) is 0 Å². The molecule has 3 atom stereocenters. The van der Waals surface area contributed by atoms with Crippen LogP contribution in [0.5, 0.6) is 0 Å². The second-order valence-electron chi connectivity index (χ2n) is 5.58. The third kappa shape index (κ3) is 4.54. The van der Waals surface area contributed by atoms with E-state index in [9.17, 15) is 9.59 Å². The summed E-state index contributed by atoms with van der Waals surface area (Å²) in [6, 6.07) is 3.12. The summed E-state index contributed by atoms with van der Waals surface area (Å²) < 4.78 is 0. The molecule has 0 bridgehead atoms. The Labute approximate surface area is 128 Å². The molecule has 1 aliphatic carbocycles. The highest BCUT2D eigenvalue weighted by atomic mass is 32.1. The van der Waals surface area contributed by atoms with Crippen molar-refractivity contribution in [3.8, 4) is 0 Å². The zero-order valence-electron chi connectivity index (χ0n) is 12.0. The zero-order chi connectivity index (χ0) is 15.2. The molecule has 4 N–H and O–H groups in total. The molecular formula is C15H22N2O3S. The van der Waals surface area contributed by atoms with Gasteiger partial charge in [0.05, 0.1) is 18.4 Å². The fraction of sp³-hybridized carbons (Fsp3) is 0.600. The van der Waals surface area contributed by atoms with E-state index in [1.807, 2.05) is 17.5 Å². The van der Waals surface area contributed by atoms with Gasteiger partial charge in [-0.3, -0.25) is 9.59 Å². The fourth-order valence-corrected chi connectivity index (χ4v) is 3.61. The molecule has 1 aromatic heterocycles. The minimum absolute atomic E-state index is 0.103. The molecule has 1 aliphatic rings. The summed E-state index contributed by atoms with van der Waals surface area (Å²) in [5.74, 6) is -1.23. The van der Waals surface area contributed by atoms with Crippen LogP contribution in [0.15, 0.2) is 17.5 Å². The molecule has 2 rings (SSSR count). The van der Waals surface area contributed by atoms with Gasteiger partial charge in [-0.05, 0) is 24.3 Å². The first-order valence-corrected chi connectivity index (χ1v) is 8.27. The molecule has 0 radical (unpaired) electrons. The third-order valence-corrected chi connectivity index (χ3v) is 4.97. The Kier molecular flexibility index (Phi) is 5.76. The van der Waals surface area contributed by atoms with Gasteiger partial charge in [0, 0.05) is 10.9 Å². The van der Waals surface area contributed by atoms with Gasteiger partial charge in [0.1, 0.15) is 0 Å². The lowest BCUT2D eigenvalue weighted by Crippen LogP contribution is -2.42. The molecule has 5 nitrogen and oxygen atoms in total. The largest absolute Gasteiger partial charge is 0.481 e. The number of nitrogens with two attached hydrogens (primary N) is 1. The van der Waals surface area contributed by atoms with Crippen LogP contribution in [-0.2, 0) is 9.59 Å². The Balaban J connectivity index is 2.04. The van der Waals surface area contributed by atoms with Gasteiger partial charge in [-0.1, -0.05) is 25.3 Å². The van der Waals surface area contributed by atoms with Gasteiger partial charge < -0.3 is 16.2 Å². The number of hydrogen-bond donors (Lipinski definition) is 3. The van der Waals surface area contributed by atoms with Crippen LogP contribution in [0.3, 0.4) is 0 Å². The van der Waals surface area contributed by atoms with Crippen LogP contribution in [0, 0.1) is 5.92 Å². The van der Waals surface area contributed by atoms with Crippen molar-refractivity contribution in [3.05, 3.63) is 22.4 Å². The normalized spacial score (nSPS) is 24.0. The Morgan fingerprint density at radius 3 is 2.81 bits per heavy atom. The summed E-state index contributed by atoms with van der Waals surface area (Å²) in [7, 11) is 0. The molecule has 116 valence electrons. The van der Waals surface area contributed by atoms with Crippen molar-refractivity contribution < 1.29 is 14.7 Å². The van der Waals surface area contributed by atoms with Gasteiger partial charge in [0.15, 0.2) is 0 Å². The molecule has 0 aromatic carbocycles. The zero-order valence-corrected chi connectivity index (χ0v) is 12.8. The van der Waals surface area contributed by atoms with Gasteiger partial charge in [-0.2, -0.15) is 0 Å². The van der Waals surface area contributed by atoms with E-state index in [1.165, 1.54) is 11.3 Å². The van der Waals surface area contributed by atoms with E-state index in [-0.39, 0.29) is 24.3 Å². The number of aliphatic carboxylic acids is 1. The van der Waals surface area contributed by atoms with Gasteiger partial charge >= 0.3 is 5.97 Å². The van der Waals surface area contributed by atoms with E-state index in [0.717, 1.165) is 37.0 Å². The molecule has 0 aliphatic heterocycles. The van der Waals surface area contributed by atoms with Crippen LogP contribution >= 0.6 is 11.3 Å². The molecule has 1 aromatic rings. The van der Waals surface area contributed by atoms with Crippen LogP contribution in [0.2, 0.25) is 0 Å². The van der Waals surface area contributed by atoms with Gasteiger partial charge in [-0.15, -0.1) is 11.3 Å². The molecule has 21 heavy (non-hydrogen) atoms. The number of amides is 1. The maximum Gasteiger partial charge on any atom is 0.305 e. The molecule has 3 unspecified atom stereocenters. The summed E-state index contributed by atoms with van der Waals surface area (Å²) in [5, 5.41) is 13.8. The Hall–Kier alpha value is -1.40. The molecule has 1 fully saturated rings. The molecule has 6 heteroatoms.